The largest absolute Gasteiger partial charge is 0.505 e. The van der Waals surface area contributed by atoms with E-state index in [1.165, 1.54) is 11.4 Å². The normalized spacial score (nSPS) is 15.5. The molecule has 2 aromatic heterocycles. The Balaban J connectivity index is 1.91. The van der Waals surface area contributed by atoms with E-state index in [0.29, 0.717) is 4.88 Å². The smallest absolute Gasteiger partial charge is 0.433 e. The number of cyclic esters (lactones) is 1. The average molecular weight is 535 g/mol. The third kappa shape index (κ3) is 4.12. The first-order valence-electron chi connectivity index (χ1n) is 8.33. The lowest BCUT2D eigenvalue weighted by atomic mass is 10.1. The number of nitrogens with zero attached hydrogens (tertiary/aromatic N) is 1. The van der Waals surface area contributed by atoms with E-state index in [0.717, 1.165) is 35.7 Å². The number of benzene rings is 1. The zero-order chi connectivity index (χ0) is 22.6. The number of carbonyl (C=O) groups excluding carboxylic acids is 1. The van der Waals surface area contributed by atoms with Crippen molar-refractivity contribution in [2.75, 3.05) is 4.72 Å². The van der Waals surface area contributed by atoms with E-state index in [1.807, 2.05) is 0 Å². The Labute approximate surface area is 185 Å². The van der Waals surface area contributed by atoms with E-state index in [4.69, 9.17) is 4.74 Å². The summed E-state index contributed by atoms with van der Waals surface area (Å²) >= 11 is 4.05. The molecule has 13 heteroatoms. The first-order valence-corrected chi connectivity index (χ1v) is 11.5. The second-order valence-electron chi connectivity index (χ2n) is 6.41. The number of aromatic hydroxyl groups is 1. The zero-order valence-electron chi connectivity index (χ0n) is 15.0. The van der Waals surface area contributed by atoms with Crippen LogP contribution in [0, 0.1) is 0 Å². The van der Waals surface area contributed by atoms with Gasteiger partial charge in [0.15, 0.2) is 0 Å². The number of rotatable bonds is 0. The van der Waals surface area contributed by atoms with Crippen LogP contribution in [0.4, 0.5) is 18.9 Å². The van der Waals surface area contributed by atoms with Crippen LogP contribution in [0.15, 0.2) is 45.2 Å². The number of hydrogen-bond donors (Lipinski definition) is 2. The molecule has 31 heavy (non-hydrogen) atoms. The van der Waals surface area contributed by atoms with Gasteiger partial charge in [-0.15, -0.1) is 11.3 Å². The highest BCUT2D eigenvalue weighted by atomic mass is 79.9. The number of phenolic OH excluding ortho intramolecular Hbond substituents is 1. The number of aromatic nitrogens is 1. The molecule has 0 unspecified atom stereocenters. The second-order valence-corrected chi connectivity index (χ2v) is 9.83. The average Bonchev–Trinajstić information content (AvgIpc) is 3.13. The van der Waals surface area contributed by atoms with Crippen LogP contribution in [0.3, 0.4) is 0 Å². The quantitative estimate of drug-likeness (QED) is 0.402. The number of thiophene rings is 1. The van der Waals surface area contributed by atoms with Crippen molar-refractivity contribution in [1.29, 1.82) is 0 Å². The van der Waals surface area contributed by atoms with Crippen LogP contribution in [0.2, 0.25) is 0 Å². The molecule has 0 amide bonds. The first kappa shape index (κ1) is 21.6. The number of sulfonamides is 1. The molecule has 4 bridgehead atoms. The van der Waals surface area contributed by atoms with Crippen molar-refractivity contribution in [2.24, 2.45) is 0 Å². The number of fused-ring (bicyclic) bond motifs is 6. The van der Waals surface area contributed by atoms with E-state index in [2.05, 4.69) is 25.6 Å². The lowest BCUT2D eigenvalue weighted by Crippen LogP contribution is -2.14. The van der Waals surface area contributed by atoms with Gasteiger partial charge in [0.2, 0.25) is 0 Å². The predicted molar refractivity (Wildman–Crippen MR) is 108 cm³/mol. The van der Waals surface area contributed by atoms with Crippen molar-refractivity contribution in [3.63, 3.8) is 0 Å². The van der Waals surface area contributed by atoms with E-state index >= 15 is 0 Å². The minimum Gasteiger partial charge on any atom is -0.505 e. The van der Waals surface area contributed by atoms with Gasteiger partial charge in [-0.1, -0.05) is 0 Å². The Hall–Kier alpha value is -2.64. The molecule has 1 aliphatic heterocycles. The third-order valence-electron chi connectivity index (χ3n) is 4.31. The fourth-order valence-electron chi connectivity index (χ4n) is 2.86. The molecule has 0 fully saturated rings. The highest BCUT2D eigenvalue weighted by molar-refractivity contribution is 9.10. The number of carbonyl (C=O) groups is 1. The number of hydrogen-bond acceptors (Lipinski definition) is 7. The number of alkyl halides is 3. The highest BCUT2D eigenvalue weighted by Crippen LogP contribution is 2.38. The summed E-state index contributed by atoms with van der Waals surface area (Å²) in [6.07, 6.45) is -3.70. The molecular formula is C18H10BrF3N2O5S2. The fourth-order valence-corrected chi connectivity index (χ4v) is 5.60. The number of phenols is 1. The summed E-state index contributed by atoms with van der Waals surface area (Å²) in [6.45, 7) is -0.513. The molecule has 3 aromatic rings. The number of nitrogens with one attached hydrogen (secondary N) is 1. The van der Waals surface area contributed by atoms with Gasteiger partial charge in [0, 0.05) is 27.6 Å². The maximum absolute atomic E-state index is 13.1. The molecule has 1 aliphatic rings. The van der Waals surface area contributed by atoms with Crippen molar-refractivity contribution in [3.8, 4) is 16.2 Å². The number of ether oxygens (including phenoxy) is 1. The molecule has 3 heterocycles. The number of anilines is 1. The molecule has 162 valence electrons. The van der Waals surface area contributed by atoms with Crippen LogP contribution in [0.5, 0.6) is 5.75 Å². The summed E-state index contributed by atoms with van der Waals surface area (Å²) in [7, 11) is -4.30. The monoisotopic (exact) mass is 534 g/mol. The molecule has 1 aromatic carbocycles. The molecule has 4 rings (SSSR count). The van der Waals surface area contributed by atoms with Gasteiger partial charge in [-0.05, 0) is 40.2 Å². The van der Waals surface area contributed by atoms with Gasteiger partial charge in [-0.25, -0.2) is 13.2 Å². The Morgan fingerprint density at radius 3 is 2.68 bits per heavy atom. The molecule has 0 atom stereocenters. The first-order chi connectivity index (χ1) is 14.5. The van der Waals surface area contributed by atoms with E-state index in [1.54, 1.807) is 0 Å². The van der Waals surface area contributed by atoms with Crippen LogP contribution in [0.1, 0.15) is 21.6 Å². The van der Waals surface area contributed by atoms with Gasteiger partial charge in [-0.2, -0.15) is 13.2 Å². The van der Waals surface area contributed by atoms with Gasteiger partial charge in [0.05, 0.1) is 15.7 Å². The molecule has 0 saturated heterocycles. The third-order valence-corrected chi connectivity index (χ3v) is 7.27. The standard InChI is InChI=1S/C18H10BrF3N2O5S2/c19-12-1-8-2-14(16(12)25)31(27,28)24-10-4-13(30-7-10)11-5-23-15(18(20,21)22)3-9(11)6-29-17(8)26/h1-5,7,24-25H,6H2. The topological polar surface area (TPSA) is 106 Å². The summed E-state index contributed by atoms with van der Waals surface area (Å²) in [4.78, 5) is 15.8. The fraction of sp³-hybridized carbons (Fsp3) is 0.111. The van der Waals surface area contributed by atoms with E-state index in [-0.39, 0.29) is 26.9 Å². The Morgan fingerprint density at radius 1 is 1.23 bits per heavy atom. The summed E-state index contributed by atoms with van der Waals surface area (Å²) in [5.74, 6) is -1.60. The Morgan fingerprint density at radius 2 is 1.97 bits per heavy atom. The van der Waals surface area contributed by atoms with Crippen LogP contribution >= 0.6 is 27.3 Å². The maximum atomic E-state index is 13.1. The predicted octanol–water partition coefficient (Wildman–Crippen LogP) is 4.77. The number of esters is 1. The molecule has 2 N–H and O–H groups in total. The van der Waals surface area contributed by atoms with E-state index < -0.39 is 45.1 Å². The van der Waals surface area contributed by atoms with Crippen LogP contribution in [-0.2, 0) is 27.5 Å². The molecule has 0 saturated carbocycles. The second kappa shape index (κ2) is 7.50. The van der Waals surface area contributed by atoms with Gasteiger partial charge >= 0.3 is 12.1 Å². The molecule has 0 aliphatic carbocycles. The molecule has 0 radical (unpaired) electrons. The minimum absolute atomic E-state index is 0.0456. The zero-order valence-corrected chi connectivity index (χ0v) is 18.2. The van der Waals surface area contributed by atoms with E-state index in [9.17, 15) is 31.5 Å². The number of pyridine rings is 1. The summed E-state index contributed by atoms with van der Waals surface area (Å²) in [6, 6.07) is 4.26. The Kier molecular flexibility index (Phi) is 5.22. The molecule has 7 nitrogen and oxygen atoms in total. The van der Waals surface area contributed by atoms with Crippen molar-refractivity contribution in [2.45, 2.75) is 17.7 Å². The lowest BCUT2D eigenvalue weighted by molar-refractivity contribution is -0.141. The highest BCUT2D eigenvalue weighted by Gasteiger charge is 2.33. The van der Waals surface area contributed by atoms with Crippen LogP contribution in [-0.4, -0.2) is 24.5 Å². The summed E-state index contributed by atoms with van der Waals surface area (Å²) in [5, 5.41) is 11.6. The SMILES string of the molecule is O=C1OCc2cc(C(F)(F)F)ncc2-c2cc(cs2)NS(=O)(=O)c2cc1cc(Br)c2O. The van der Waals surface area contributed by atoms with Crippen molar-refractivity contribution >= 4 is 48.9 Å². The maximum Gasteiger partial charge on any atom is 0.433 e. The molecular weight excluding hydrogens is 525 g/mol. The Bertz CT molecular complexity index is 1320. The summed E-state index contributed by atoms with van der Waals surface area (Å²) < 4.78 is 72.3. The van der Waals surface area contributed by atoms with Crippen LogP contribution < -0.4 is 4.72 Å². The lowest BCUT2D eigenvalue weighted by Gasteiger charge is -2.13. The minimum atomic E-state index is -4.70. The van der Waals surface area contributed by atoms with Crippen molar-refractivity contribution in [3.05, 3.63) is 57.1 Å². The summed E-state index contributed by atoms with van der Waals surface area (Å²) in [5.41, 5.74) is -0.950. The van der Waals surface area contributed by atoms with Crippen molar-refractivity contribution < 1.29 is 36.2 Å². The van der Waals surface area contributed by atoms with Crippen molar-refractivity contribution in [1.82, 2.24) is 4.98 Å². The van der Waals surface area contributed by atoms with Gasteiger partial charge in [-0.3, -0.25) is 9.71 Å². The van der Waals surface area contributed by atoms with Gasteiger partial charge in [0.25, 0.3) is 10.0 Å². The molecule has 0 spiro atoms. The van der Waals surface area contributed by atoms with Gasteiger partial charge in [0.1, 0.15) is 22.9 Å². The van der Waals surface area contributed by atoms with Gasteiger partial charge < -0.3 is 9.84 Å². The van der Waals surface area contributed by atoms with Crippen LogP contribution in [0.25, 0.3) is 10.4 Å². The number of halogens is 4.